The summed E-state index contributed by atoms with van der Waals surface area (Å²) in [5.74, 6) is -1.75. The lowest BCUT2D eigenvalue weighted by atomic mass is 10.1. The van der Waals surface area contributed by atoms with Crippen molar-refractivity contribution in [2.24, 2.45) is 0 Å². The van der Waals surface area contributed by atoms with Gasteiger partial charge >= 0.3 is 11.9 Å². The number of hydrogen-bond donors (Lipinski definition) is 2. The van der Waals surface area contributed by atoms with Gasteiger partial charge in [0.2, 0.25) is 0 Å². The molecule has 0 saturated heterocycles. The van der Waals surface area contributed by atoms with Crippen molar-refractivity contribution < 1.29 is 23.9 Å². The van der Waals surface area contributed by atoms with E-state index in [0.717, 1.165) is 16.0 Å². The zero-order valence-electron chi connectivity index (χ0n) is 17.9. The van der Waals surface area contributed by atoms with Crippen molar-refractivity contribution in [1.82, 2.24) is 4.98 Å². The molecule has 3 aromatic rings. The van der Waals surface area contributed by atoms with Crippen LogP contribution in [-0.4, -0.2) is 36.0 Å². The van der Waals surface area contributed by atoms with Crippen LogP contribution in [0.5, 0.6) is 0 Å². The summed E-state index contributed by atoms with van der Waals surface area (Å²) < 4.78 is 10.1. The molecule has 3 rings (SSSR count). The molecule has 0 atom stereocenters. The lowest BCUT2D eigenvalue weighted by Crippen LogP contribution is -2.22. The summed E-state index contributed by atoms with van der Waals surface area (Å²) in [6.07, 6.45) is 0. The van der Waals surface area contributed by atoms with Crippen LogP contribution in [0, 0.1) is 13.8 Å². The van der Waals surface area contributed by atoms with Gasteiger partial charge in [0.1, 0.15) is 5.00 Å². The Balaban J connectivity index is 1.53. The molecule has 2 N–H and O–H groups in total. The molecule has 10 heteroatoms. The Labute approximate surface area is 193 Å². The predicted octanol–water partition coefficient (Wildman–Crippen LogP) is 4.41. The third-order valence-corrected chi connectivity index (χ3v) is 6.37. The highest BCUT2D eigenvalue weighted by molar-refractivity contribution is 7.16. The van der Waals surface area contributed by atoms with Gasteiger partial charge in [0.15, 0.2) is 17.4 Å². The largest absolute Gasteiger partial charge is 0.462 e. The first-order valence-electron chi connectivity index (χ1n) is 9.86. The molecule has 2 heterocycles. The molecule has 1 aromatic carbocycles. The number of nitrogens with zero attached hydrogens (tertiary/aromatic N) is 1. The third-order valence-electron chi connectivity index (χ3n) is 4.45. The second kappa shape index (κ2) is 10.9. The van der Waals surface area contributed by atoms with Gasteiger partial charge in [-0.05, 0) is 31.9 Å². The van der Waals surface area contributed by atoms with E-state index in [4.69, 9.17) is 9.47 Å². The second-order valence-electron chi connectivity index (χ2n) is 6.71. The van der Waals surface area contributed by atoms with E-state index in [-0.39, 0.29) is 12.3 Å². The molecule has 0 fully saturated rings. The molecule has 0 unspecified atom stereocenters. The second-order valence-corrected chi connectivity index (χ2v) is 8.79. The van der Waals surface area contributed by atoms with E-state index in [0.29, 0.717) is 22.2 Å². The molecular formula is C22H23N3O5S2. The van der Waals surface area contributed by atoms with Crippen LogP contribution < -0.4 is 10.6 Å². The maximum absolute atomic E-state index is 12.3. The predicted molar refractivity (Wildman–Crippen MR) is 125 cm³/mol. The van der Waals surface area contributed by atoms with E-state index >= 15 is 0 Å². The van der Waals surface area contributed by atoms with Crippen LogP contribution in [0.3, 0.4) is 0 Å². The Hall–Kier alpha value is -3.24. The number of aryl methyl sites for hydroxylation is 1. The van der Waals surface area contributed by atoms with E-state index in [1.54, 1.807) is 19.2 Å². The topological polar surface area (TPSA) is 107 Å². The number of ether oxygens (including phenoxy) is 2. The quantitative estimate of drug-likeness (QED) is 0.444. The maximum Gasteiger partial charge on any atom is 0.358 e. The highest BCUT2D eigenvalue weighted by Crippen LogP contribution is 2.33. The number of anilines is 2. The van der Waals surface area contributed by atoms with Gasteiger partial charge in [-0.25, -0.2) is 14.6 Å². The molecule has 0 aliphatic heterocycles. The van der Waals surface area contributed by atoms with Crippen LogP contribution in [0.4, 0.5) is 10.1 Å². The Morgan fingerprint density at radius 1 is 1.06 bits per heavy atom. The highest BCUT2D eigenvalue weighted by Gasteiger charge is 2.22. The number of nitrogens with one attached hydrogen (secondary N) is 2. The number of thiazole rings is 1. The van der Waals surface area contributed by atoms with E-state index in [9.17, 15) is 14.4 Å². The molecule has 1 amide bonds. The third kappa shape index (κ3) is 5.92. The van der Waals surface area contributed by atoms with Crippen LogP contribution >= 0.6 is 22.7 Å². The number of carbonyl (C=O) groups excluding carboxylic acids is 3. The van der Waals surface area contributed by atoms with Crippen LogP contribution in [-0.2, 0) is 20.8 Å². The zero-order chi connectivity index (χ0) is 23.1. The molecule has 0 radical (unpaired) electrons. The Bertz CT molecular complexity index is 1110. The van der Waals surface area contributed by atoms with Gasteiger partial charge in [0.05, 0.1) is 12.2 Å². The Morgan fingerprint density at radius 3 is 2.53 bits per heavy atom. The number of esters is 2. The van der Waals surface area contributed by atoms with Gasteiger partial charge in [-0.3, -0.25) is 4.79 Å². The summed E-state index contributed by atoms with van der Waals surface area (Å²) in [6.45, 7) is 5.66. The number of amides is 1. The standard InChI is InChI=1S/C22H23N3O5S2/c1-4-29-21(28)18-13(2)14(3)32-19(18)25-17(26)11-30-20(27)16-12-31-22(24-16)23-10-15-8-6-5-7-9-15/h5-9,12H,4,10-11H2,1-3H3,(H,23,24)(H,25,26). The van der Waals surface area contributed by atoms with Crippen molar-refractivity contribution in [3.63, 3.8) is 0 Å². The van der Waals surface area contributed by atoms with Crippen molar-refractivity contribution in [2.45, 2.75) is 27.3 Å². The van der Waals surface area contributed by atoms with Gasteiger partial charge in [-0.2, -0.15) is 0 Å². The summed E-state index contributed by atoms with van der Waals surface area (Å²) in [7, 11) is 0. The van der Waals surface area contributed by atoms with Gasteiger partial charge in [-0.1, -0.05) is 30.3 Å². The minimum Gasteiger partial charge on any atom is -0.462 e. The van der Waals surface area contributed by atoms with Crippen molar-refractivity contribution in [2.75, 3.05) is 23.8 Å². The summed E-state index contributed by atoms with van der Waals surface area (Å²) >= 11 is 2.54. The number of hydrogen-bond acceptors (Lipinski definition) is 9. The summed E-state index contributed by atoms with van der Waals surface area (Å²) in [6, 6.07) is 9.80. The molecule has 2 aromatic heterocycles. The Morgan fingerprint density at radius 2 is 1.81 bits per heavy atom. The Kier molecular flexibility index (Phi) is 7.96. The summed E-state index contributed by atoms with van der Waals surface area (Å²) in [5.41, 5.74) is 2.28. The fourth-order valence-electron chi connectivity index (χ4n) is 2.75. The fourth-order valence-corrected chi connectivity index (χ4v) is 4.50. The van der Waals surface area contributed by atoms with E-state index in [1.807, 2.05) is 37.3 Å². The first kappa shape index (κ1) is 23.4. The number of benzene rings is 1. The SMILES string of the molecule is CCOC(=O)c1c(NC(=O)COC(=O)c2csc(NCc3ccccc3)n2)sc(C)c1C. The molecule has 0 spiro atoms. The fraction of sp³-hybridized carbons (Fsp3) is 0.273. The van der Waals surface area contributed by atoms with Gasteiger partial charge in [0.25, 0.3) is 5.91 Å². The van der Waals surface area contributed by atoms with Crippen LogP contribution in [0.2, 0.25) is 0 Å². The first-order valence-corrected chi connectivity index (χ1v) is 11.6. The summed E-state index contributed by atoms with van der Waals surface area (Å²) in [5, 5.41) is 8.30. The average molecular weight is 474 g/mol. The van der Waals surface area contributed by atoms with E-state index in [1.165, 1.54) is 22.7 Å². The average Bonchev–Trinajstić information content (AvgIpc) is 3.36. The van der Waals surface area contributed by atoms with Gasteiger partial charge < -0.3 is 20.1 Å². The van der Waals surface area contributed by atoms with Crippen LogP contribution in [0.1, 0.15) is 43.8 Å². The smallest absolute Gasteiger partial charge is 0.358 e. The van der Waals surface area contributed by atoms with Crippen molar-refractivity contribution in [3.05, 3.63) is 63.0 Å². The number of carbonyl (C=O) groups is 3. The molecule has 32 heavy (non-hydrogen) atoms. The maximum atomic E-state index is 12.3. The van der Waals surface area contributed by atoms with E-state index < -0.39 is 24.5 Å². The number of aromatic nitrogens is 1. The van der Waals surface area contributed by atoms with Crippen molar-refractivity contribution >= 4 is 50.7 Å². The van der Waals surface area contributed by atoms with E-state index in [2.05, 4.69) is 15.6 Å². The molecule has 0 bridgehead atoms. The number of thiophene rings is 1. The lowest BCUT2D eigenvalue weighted by Gasteiger charge is -2.07. The summed E-state index contributed by atoms with van der Waals surface area (Å²) in [4.78, 5) is 41.9. The molecule has 168 valence electrons. The number of rotatable bonds is 9. The van der Waals surface area contributed by atoms with Crippen molar-refractivity contribution in [1.29, 1.82) is 0 Å². The molecule has 0 saturated carbocycles. The van der Waals surface area contributed by atoms with Gasteiger partial charge in [-0.15, -0.1) is 22.7 Å². The van der Waals surface area contributed by atoms with Crippen molar-refractivity contribution in [3.8, 4) is 0 Å². The van der Waals surface area contributed by atoms with Crippen LogP contribution in [0.25, 0.3) is 0 Å². The first-order chi connectivity index (χ1) is 15.4. The minimum absolute atomic E-state index is 0.119. The zero-order valence-corrected chi connectivity index (χ0v) is 19.5. The molecular weight excluding hydrogens is 450 g/mol. The molecule has 0 aliphatic rings. The van der Waals surface area contributed by atoms with Crippen LogP contribution in [0.15, 0.2) is 35.7 Å². The monoisotopic (exact) mass is 473 g/mol. The molecule has 8 nitrogen and oxygen atoms in total. The molecule has 0 aliphatic carbocycles. The van der Waals surface area contributed by atoms with Gasteiger partial charge in [0, 0.05) is 16.8 Å². The highest BCUT2D eigenvalue weighted by atomic mass is 32.1. The minimum atomic E-state index is -0.701. The normalized spacial score (nSPS) is 10.5. The lowest BCUT2D eigenvalue weighted by molar-refractivity contribution is -0.119.